The number of likely N-dealkylation sites (tertiary alicyclic amines) is 1. The number of carbonyl (C=O) groups excluding carboxylic acids is 1. The van der Waals surface area contributed by atoms with Crippen molar-refractivity contribution in [2.24, 2.45) is 11.8 Å². The van der Waals surface area contributed by atoms with Crippen LogP contribution in [0.2, 0.25) is 0 Å². The number of hydrogen-bond acceptors (Lipinski definition) is 3. The van der Waals surface area contributed by atoms with Crippen molar-refractivity contribution in [2.75, 3.05) is 19.6 Å². The van der Waals surface area contributed by atoms with Gasteiger partial charge in [-0.2, -0.15) is 5.26 Å². The van der Waals surface area contributed by atoms with Crippen LogP contribution in [-0.4, -0.2) is 36.5 Å². The number of amides is 1. The first kappa shape index (κ1) is 13.0. The van der Waals surface area contributed by atoms with Gasteiger partial charge < -0.3 is 10.2 Å². The van der Waals surface area contributed by atoms with Crippen LogP contribution in [0.4, 0.5) is 0 Å². The first-order chi connectivity index (χ1) is 7.54. The van der Waals surface area contributed by atoms with E-state index >= 15 is 0 Å². The second-order valence-electron chi connectivity index (χ2n) is 4.84. The van der Waals surface area contributed by atoms with Gasteiger partial charge in [-0.3, -0.25) is 4.79 Å². The maximum absolute atomic E-state index is 11.4. The fourth-order valence-electron chi connectivity index (χ4n) is 1.95. The molecule has 0 aliphatic carbocycles. The van der Waals surface area contributed by atoms with E-state index in [1.165, 1.54) is 0 Å². The summed E-state index contributed by atoms with van der Waals surface area (Å²) < 4.78 is 0. The van der Waals surface area contributed by atoms with E-state index in [1.807, 2.05) is 6.07 Å². The van der Waals surface area contributed by atoms with E-state index in [-0.39, 0.29) is 5.91 Å². The van der Waals surface area contributed by atoms with Gasteiger partial charge in [0.15, 0.2) is 0 Å². The topological polar surface area (TPSA) is 56.1 Å². The average molecular weight is 223 g/mol. The predicted molar refractivity (Wildman–Crippen MR) is 62.6 cm³/mol. The highest BCUT2D eigenvalue weighted by Crippen LogP contribution is 2.17. The van der Waals surface area contributed by atoms with Crippen LogP contribution in [0.25, 0.3) is 0 Å². The van der Waals surface area contributed by atoms with Crippen molar-refractivity contribution in [3.05, 3.63) is 0 Å². The molecule has 2 atom stereocenters. The monoisotopic (exact) mass is 223 g/mol. The van der Waals surface area contributed by atoms with Crippen LogP contribution in [0.15, 0.2) is 0 Å². The molecule has 0 aromatic rings. The molecule has 1 heterocycles. The third-order valence-electron chi connectivity index (χ3n) is 3.20. The molecule has 0 bridgehead atoms. The second kappa shape index (κ2) is 5.86. The Morgan fingerprint density at radius 1 is 1.56 bits per heavy atom. The number of carbonyl (C=O) groups is 1. The van der Waals surface area contributed by atoms with Gasteiger partial charge in [0.2, 0.25) is 5.91 Å². The van der Waals surface area contributed by atoms with Gasteiger partial charge in [0, 0.05) is 19.1 Å². The summed E-state index contributed by atoms with van der Waals surface area (Å²) in [5.41, 5.74) is 0. The lowest BCUT2D eigenvalue weighted by Gasteiger charge is -2.20. The molecule has 90 valence electrons. The van der Waals surface area contributed by atoms with Crippen LogP contribution in [0.3, 0.4) is 0 Å². The number of nitrogens with zero attached hydrogens (tertiary/aromatic N) is 2. The highest BCUT2D eigenvalue weighted by molar-refractivity contribution is 5.80. The Hall–Kier alpha value is -1.08. The summed E-state index contributed by atoms with van der Waals surface area (Å²) in [5.74, 6) is -0.148. The highest BCUT2D eigenvalue weighted by atomic mass is 16.1. The lowest BCUT2D eigenvalue weighted by Crippen LogP contribution is -2.35. The Bertz CT molecular complexity index is 282. The molecule has 0 aromatic heterocycles. The summed E-state index contributed by atoms with van der Waals surface area (Å²) in [5, 5.41) is 11.4. The Kier molecular flexibility index (Phi) is 4.75. The molecule has 0 radical (unpaired) electrons. The molecule has 0 spiro atoms. The molecule has 4 nitrogen and oxygen atoms in total. The zero-order valence-corrected chi connectivity index (χ0v) is 10.4. The van der Waals surface area contributed by atoms with E-state index in [0.29, 0.717) is 18.5 Å². The van der Waals surface area contributed by atoms with Gasteiger partial charge in [0.1, 0.15) is 5.92 Å². The Labute approximate surface area is 97.6 Å². The highest BCUT2D eigenvalue weighted by Gasteiger charge is 2.24. The Balaban J connectivity index is 2.26. The van der Waals surface area contributed by atoms with Crippen molar-refractivity contribution in [2.45, 2.75) is 33.2 Å². The number of rotatable bonds is 4. The fraction of sp³-hybridized carbons (Fsp3) is 0.833. The molecular formula is C12H21N3O. The molecule has 2 unspecified atom stereocenters. The lowest BCUT2D eigenvalue weighted by atomic mass is 10.1. The van der Waals surface area contributed by atoms with Gasteiger partial charge >= 0.3 is 0 Å². The maximum atomic E-state index is 11.4. The summed E-state index contributed by atoms with van der Waals surface area (Å²) in [6, 6.07) is 2.53. The minimum atomic E-state index is -0.539. The normalized spacial score (nSPS) is 23.1. The van der Waals surface area contributed by atoms with Crippen LogP contribution in [0.5, 0.6) is 0 Å². The number of nitrogens with one attached hydrogen (secondary N) is 1. The van der Waals surface area contributed by atoms with E-state index in [0.717, 1.165) is 19.5 Å². The maximum Gasteiger partial charge on any atom is 0.237 e. The number of nitriles is 1. The molecule has 16 heavy (non-hydrogen) atoms. The molecule has 1 saturated heterocycles. The molecule has 1 fully saturated rings. The van der Waals surface area contributed by atoms with Crippen LogP contribution >= 0.6 is 0 Å². The summed E-state index contributed by atoms with van der Waals surface area (Å²) >= 11 is 0. The van der Waals surface area contributed by atoms with Crippen molar-refractivity contribution in [1.29, 1.82) is 5.26 Å². The molecule has 1 aliphatic rings. The molecule has 1 amide bonds. The minimum absolute atomic E-state index is 0.148. The summed E-state index contributed by atoms with van der Waals surface area (Å²) in [4.78, 5) is 13.8. The zero-order valence-electron chi connectivity index (χ0n) is 10.4. The first-order valence-electron chi connectivity index (χ1n) is 5.96. The van der Waals surface area contributed by atoms with E-state index in [4.69, 9.17) is 5.26 Å². The minimum Gasteiger partial charge on any atom is -0.355 e. The molecule has 0 saturated carbocycles. The van der Waals surface area contributed by atoms with Crippen LogP contribution in [0.1, 0.15) is 27.2 Å². The molecule has 4 heteroatoms. The summed E-state index contributed by atoms with van der Waals surface area (Å²) in [7, 11) is 0. The zero-order chi connectivity index (χ0) is 12.1. The van der Waals surface area contributed by atoms with Gasteiger partial charge in [-0.25, -0.2) is 0 Å². The van der Waals surface area contributed by atoms with Crippen LogP contribution in [-0.2, 0) is 4.79 Å². The molecule has 1 aliphatic heterocycles. The average Bonchev–Trinajstić information content (AvgIpc) is 2.73. The third-order valence-corrected chi connectivity index (χ3v) is 3.20. The smallest absolute Gasteiger partial charge is 0.237 e. The largest absolute Gasteiger partial charge is 0.355 e. The van der Waals surface area contributed by atoms with E-state index in [9.17, 15) is 4.79 Å². The first-order valence-corrected chi connectivity index (χ1v) is 5.96. The standard InChI is InChI=1S/C12H21N3O/c1-9(2)15-5-4-11(8-15)7-14-12(16)10(3)6-13/h9-11H,4-5,7-8H2,1-3H3,(H,14,16). The SMILES string of the molecule is CC(C#N)C(=O)NCC1CCN(C(C)C)C1. The van der Waals surface area contributed by atoms with Gasteiger partial charge in [0.05, 0.1) is 6.07 Å². The summed E-state index contributed by atoms with van der Waals surface area (Å²) in [6.07, 6.45) is 1.14. The van der Waals surface area contributed by atoms with Gasteiger partial charge in [0.25, 0.3) is 0 Å². The fourth-order valence-corrected chi connectivity index (χ4v) is 1.95. The molecule has 1 N–H and O–H groups in total. The number of hydrogen-bond donors (Lipinski definition) is 1. The molecular weight excluding hydrogens is 202 g/mol. The van der Waals surface area contributed by atoms with Gasteiger partial charge in [-0.15, -0.1) is 0 Å². The Morgan fingerprint density at radius 2 is 2.25 bits per heavy atom. The van der Waals surface area contributed by atoms with Gasteiger partial charge in [-0.05, 0) is 39.7 Å². The van der Waals surface area contributed by atoms with Crippen LogP contribution < -0.4 is 5.32 Å². The lowest BCUT2D eigenvalue weighted by molar-refractivity contribution is -0.123. The van der Waals surface area contributed by atoms with Crippen molar-refractivity contribution < 1.29 is 4.79 Å². The van der Waals surface area contributed by atoms with E-state index in [2.05, 4.69) is 24.1 Å². The molecule has 1 rings (SSSR count). The summed E-state index contributed by atoms with van der Waals surface area (Å²) in [6.45, 7) is 8.89. The quantitative estimate of drug-likeness (QED) is 0.773. The van der Waals surface area contributed by atoms with E-state index in [1.54, 1.807) is 6.92 Å². The van der Waals surface area contributed by atoms with Crippen molar-refractivity contribution in [3.63, 3.8) is 0 Å². The van der Waals surface area contributed by atoms with Crippen LogP contribution in [0, 0.1) is 23.2 Å². The third kappa shape index (κ3) is 3.49. The van der Waals surface area contributed by atoms with Gasteiger partial charge in [-0.1, -0.05) is 0 Å². The molecule has 0 aromatic carbocycles. The van der Waals surface area contributed by atoms with E-state index < -0.39 is 5.92 Å². The van der Waals surface area contributed by atoms with Crippen molar-refractivity contribution in [1.82, 2.24) is 10.2 Å². The second-order valence-corrected chi connectivity index (χ2v) is 4.84. The Morgan fingerprint density at radius 3 is 2.75 bits per heavy atom. The predicted octanol–water partition coefficient (Wildman–Crippen LogP) is 0.993. The van der Waals surface area contributed by atoms with Crippen molar-refractivity contribution in [3.8, 4) is 6.07 Å². The van der Waals surface area contributed by atoms with Crippen molar-refractivity contribution >= 4 is 5.91 Å².